The minimum Gasteiger partial charge on any atom is -0.491 e. The van der Waals surface area contributed by atoms with E-state index in [9.17, 15) is 22.0 Å². The van der Waals surface area contributed by atoms with Crippen LogP contribution in [-0.4, -0.2) is 6.61 Å². The topological polar surface area (TPSA) is 18.5 Å². The van der Waals surface area contributed by atoms with E-state index in [1.807, 2.05) is 6.92 Å². The van der Waals surface area contributed by atoms with Gasteiger partial charge in [0.1, 0.15) is 5.75 Å². The summed E-state index contributed by atoms with van der Waals surface area (Å²) >= 11 is 0. The molecule has 0 heterocycles. The van der Waals surface area contributed by atoms with Crippen molar-refractivity contribution in [3.05, 3.63) is 83.2 Å². The van der Waals surface area contributed by atoms with E-state index in [4.69, 9.17) is 9.47 Å². The summed E-state index contributed by atoms with van der Waals surface area (Å²) in [4.78, 5) is 0. The zero-order valence-electron chi connectivity index (χ0n) is 17.7. The molecule has 3 rings (SSSR count). The Kier molecular flexibility index (Phi) is 7.38. The molecular formula is C25H23F5O2. The molecule has 0 saturated heterocycles. The van der Waals surface area contributed by atoms with Gasteiger partial charge in [-0.1, -0.05) is 37.6 Å². The maximum absolute atomic E-state index is 14.5. The fourth-order valence-electron chi connectivity index (χ4n) is 3.37. The smallest absolute Gasteiger partial charge is 0.426 e. The fraction of sp³-hybridized carbons (Fsp3) is 0.280. The number of rotatable bonds is 9. The van der Waals surface area contributed by atoms with Gasteiger partial charge in [0.2, 0.25) is 0 Å². The Hall–Kier alpha value is -3.09. The summed E-state index contributed by atoms with van der Waals surface area (Å²) in [6, 6.07) is 13.6. The molecule has 32 heavy (non-hydrogen) atoms. The summed E-state index contributed by atoms with van der Waals surface area (Å²) in [5.41, 5.74) is 0.0403. The van der Waals surface area contributed by atoms with Gasteiger partial charge in [0.25, 0.3) is 6.43 Å². The number of alkyl halides is 4. The third kappa shape index (κ3) is 5.21. The summed E-state index contributed by atoms with van der Waals surface area (Å²) in [7, 11) is 0. The van der Waals surface area contributed by atoms with Crippen LogP contribution in [0.1, 0.15) is 43.4 Å². The zero-order chi connectivity index (χ0) is 23.3. The van der Waals surface area contributed by atoms with Gasteiger partial charge in [-0.05, 0) is 66.4 Å². The van der Waals surface area contributed by atoms with Gasteiger partial charge in [0, 0.05) is 0 Å². The Bertz CT molecular complexity index is 1030. The monoisotopic (exact) mass is 450 g/mol. The highest BCUT2D eigenvalue weighted by Crippen LogP contribution is 2.38. The van der Waals surface area contributed by atoms with Crippen LogP contribution in [0.15, 0.2) is 60.7 Å². The Balaban J connectivity index is 1.84. The number of hydrogen-bond acceptors (Lipinski definition) is 2. The van der Waals surface area contributed by atoms with Crippen molar-refractivity contribution >= 4 is 0 Å². The van der Waals surface area contributed by atoms with Crippen LogP contribution in [0.4, 0.5) is 22.0 Å². The molecule has 0 aliphatic heterocycles. The standard InChI is InChI=1S/C25H23F5O2/c1-3-5-16-6-10-18(11-7-16)25(29,30)32-19-12-8-17(9-13-19)20-14-15-21(31-4-2)23(26)22(20)24(27)28/h6-15,24H,3-5H2,1-2H3. The molecule has 7 heteroatoms. The average molecular weight is 450 g/mol. The Labute approximate surface area is 183 Å². The van der Waals surface area contributed by atoms with Crippen LogP contribution in [0.2, 0.25) is 0 Å². The van der Waals surface area contributed by atoms with Crippen LogP contribution < -0.4 is 9.47 Å². The molecule has 3 aromatic carbocycles. The molecule has 0 saturated carbocycles. The van der Waals surface area contributed by atoms with Crippen LogP contribution in [0.3, 0.4) is 0 Å². The van der Waals surface area contributed by atoms with Crippen molar-refractivity contribution in [1.29, 1.82) is 0 Å². The summed E-state index contributed by atoms with van der Waals surface area (Å²) in [5, 5.41) is 0. The molecule has 0 aromatic heterocycles. The first-order valence-corrected chi connectivity index (χ1v) is 10.3. The second-order valence-corrected chi connectivity index (χ2v) is 7.16. The molecule has 0 fully saturated rings. The van der Waals surface area contributed by atoms with E-state index >= 15 is 0 Å². The number of benzene rings is 3. The predicted molar refractivity (Wildman–Crippen MR) is 113 cm³/mol. The normalized spacial score (nSPS) is 11.6. The lowest BCUT2D eigenvalue weighted by molar-refractivity contribution is -0.185. The minimum atomic E-state index is -3.58. The SMILES string of the molecule is CCCc1ccc(C(F)(F)Oc2ccc(-c3ccc(OCC)c(F)c3C(F)F)cc2)cc1. The van der Waals surface area contributed by atoms with Crippen molar-refractivity contribution in [1.82, 2.24) is 0 Å². The van der Waals surface area contributed by atoms with Gasteiger partial charge >= 0.3 is 6.11 Å². The second kappa shape index (κ2) is 10.0. The van der Waals surface area contributed by atoms with Crippen molar-refractivity contribution in [2.24, 2.45) is 0 Å². The average Bonchev–Trinajstić information content (AvgIpc) is 2.76. The van der Waals surface area contributed by atoms with Gasteiger partial charge in [0.05, 0.1) is 17.7 Å². The molecule has 0 spiro atoms. The quantitative estimate of drug-likeness (QED) is 0.308. The zero-order valence-corrected chi connectivity index (χ0v) is 17.7. The van der Waals surface area contributed by atoms with Gasteiger partial charge in [-0.3, -0.25) is 0 Å². The molecule has 0 radical (unpaired) electrons. The summed E-state index contributed by atoms with van der Waals surface area (Å²) in [6.07, 6.45) is -4.96. The van der Waals surface area contributed by atoms with Crippen molar-refractivity contribution < 1.29 is 31.4 Å². The van der Waals surface area contributed by atoms with Gasteiger partial charge in [-0.25, -0.2) is 13.2 Å². The van der Waals surface area contributed by atoms with E-state index in [0.29, 0.717) is 0 Å². The first-order valence-electron chi connectivity index (χ1n) is 10.3. The largest absolute Gasteiger partial charge is 0.491 e. The number of hydrogen-bond donors (Lipinski definition) is 0. The van der Waals surface area contributed by atoms with E-state index in [-0.39, 0.29) is 34.8 Å². The Morgan fingerprint density at radius 1 is 0.875 bits per heavy atom. The lowest BCUT2D eigenvalue weighted by Crippen LogP contribution is -2.21. The van der Waals surface area contributed by atoms with Crippen LogP contribution in [-0.2, 0) is 12.5 Å². The van der Waals surface area contributed by atoms with Crippen LogP contribution in [0.5, 0.6) is 11.5 Å². The van der Waals surface area contributed by atoms with Gasteiger partial charge in [-0.2, -0.15) is 8.78 Å². The lowest BCUT2D eigenvalue weighted by atomic mass is 9.99. The molecule has 0 N–H and O–H groups in total. The van der Waals surface area contributed by atoms with Gasteiger partial charge in [0.15, 0.2) is 11.6 Å². The lowest BCUT2D eigenvalue weighted by Gasteiger charge is -2.19. The van der Waals surface area contributed by atoms with Crippen LogP contribution >= 0.6 is 0 Å². The van der Waals surface area contributed by atoms with E-state index < -0.39 is 23.9 Å². The number of aryl methyl sites for hydroxylation is 1. The minimum absolute atomic E-state index is 0.0502. The van der Waals surface area contributed by atoms with E-state index in [2.05, 4.69) is 0 Å². The van der Waals surface area contributed by atoms with Gasteiger partial charge < -0.3 is 9.47 Å². The third-order valence-corrected chi connectivity index (χ3v) is 4.90. The molecule has 0 aliphatic carbocycles. The number of halogens is 5. The highest BCUT2D eigenvalue weighted by molar-refractivity contribution is 5.69. The maximum atomic E-state index is 14.5. The first-order chi connectivity index (χ1) is 15.3. The van der Waals surface area contributed by atoms with Crippen molar-refractivity contribution in [3.8, 4) is 22.6 Å². The summed E-state index contributed by atoms with van der Waals surface area (Å²) in [5.74, 6) is -1.56. The highest BCUT2D eigenvalue weighted by atomic mass is 19.3. The van der Waals surface area contributed by atoms with Crippen molar-refractivity contribution in [2.75, 3.05) is 6.61 Å². The summed E-state index contributed by atoms with van der Waals surface area (Å²) in [6.45, 7) is 3.74. The molecule has 0 atom stereocenters. The second-order valence-electron chi connectivity index (χ2n) is 7.16. The molecule has 0 unspecified atom stereocenters. The predicted octanol–water partition coefficient (Wildman–Crippen LogP) is 7.91. The van der Waals surface area contributed by atoms with E-state index in [1.165, 1.54) is 48.5 Å². The van der Waals surface area contributed by atoms with E-state index in [1.54, 1.807) is 19.1 Å². The molecule has 0 aliphatic rings. The Morgan fingerprint density at radius 3 is 2.09 bits per heavy atom. The molecular weight excluding hydrogens is 427 g/mol. The Morgan fingerprint density at radius 2 is 1.53 bits per heavy atom. The van der Waals surface area contributed by atoms with Crippen molar-refractivity contribution in [3.63, 3.8) is 0 Å². The maximum Gasteiger partial charge on any atom is 0.426 e. The van der Waals surface area contributed by atoms with Crippen LogP contribution in [0.25, 0.3) is 11.1 Å². The van der Waals surface area contributed by atoms with E-state index in [0.717, 1.165) is 18.4 Å². The number of ether oxygens (including phenoxy) is 2. The molecule has 2 nitrogen and oxygen atoms in total. The molecule has 170 valence electrons. The van der Waals surface area contributed by atoms with Crippen molar-refractivity contribution in [2.45, 2.75) is 39.2 Å². The third-order valence-electron chi connectivity index (χ3n) is 4.90. The molecule has 0 amide bonds. The molecule has 0 bridgehead atoms. The first kappa shape index (κ1) is 23.6. The van der Waals surface area contributed by atoms with Crippen LogP contribution in [0, 0.1) is 5.82 Å². The summed E-state index contributed by atoms with van der Waals surface area (Å²) < 4.78 is 80.6. The van der Waals surface area contributed by atoms with Gasteiger partial charge in [-0.15, -0.1) is 0 Å². The molecule has 3 aromatic rings. The highest BCUT2D eigenvalue weighted by Gasteiger charge is 2.34. The fourth-order valence-corrected chi connectivity index (χ4v) is 3.37.